The van der Waals surface area contributed by atoms with E-state index in [0.29, 0.717) is 22.1 Å². The molecule has 0 spiro atoms. The van der Waals surface area contributed by atoms with Crippen LogP contribution in [0.2, 0.25) is 10.2 Å². The molecule has 1 aromatic heterocycles. The van der Waals surface area contributed by atoms with E-state index in [1.54, 1.807) is 12.3 Å². The van der Waals surface area contributed by atoms with Crippen LogP contribution in [-0.2, 0) is 6.54 Å². The first-order valence-corrected chi connectivity index (χ1v) is 7.13. The first kappa shape index (κ1) is 14.1. The van der Waals surface area contributed by atoms with E-state index in [-0.39, 0.29) is 0 Å². The fourth-order valence-corrected chi connectivity index (χ4v) is 2.92. The monoisotopic (exact) mass is 287 g/mol. The number of nitrogens with zero attached hydrogens (tertiary/aromatic N) is 2. The molecule has 2 N–H and O–H groups in total. The summed E-state index contributed by atoms with van der Waals surface area (Å²) < 4.78 is 0. The maximum absolute atomic E-state index is 6.17. The summed E-state index contributed by atoms with van der Waals surface area (Å²) in [5.74, 6) is 0.581. The third kappa shape index (κ3) is 3.35. The molecule has 2 atom stereocenters. The molecule has 1 fully saturated rings. The van der Waals surface area contributed by atoms with Gasteiger partial charge in [0.25, 0.3) is 0 Å². The maximum atomic E-state index is 6.17. The van der Waals surface area contributed by atoms with Crippen LogP contribution in [0.3, 0.4) is 0 Å². The lowest BCUT2D eigenvalue weighted by Gasteiger charge is -2.36. The minimum absolute atomic E-state index is 0.338. The number of aromatic nitrogens is 1. The molecule has 3 nitrogen and oxygen atoms in total. The first-order valence-electron chi connectivity index (χ1n) is 6.38. The van der Waals surface area contributed by atoms with Gasteiger partial charge >= 0.3 is 0 Å². The second-order valence-corrected chi connectivity index (χ2v) is 5.75. The second kappa shape index (κ2) is 6.20. The molecule has 2 rings (SSSR count). The first-order chi connectivity index (χ1) is 8.60. The van der Waals surface area contributed by atoms with Crippen molar-refractivity contribution >= 4 is 23.2 Å². The van der Waals surface area contributed by atoms with E-state index in [4.69, 9.17) is 28.9 Å². The van der Waals surface area contributed by atoms with Gasteiger partial charge in [-0.05, 0) is 24.9 Å². The summed E-state index contributed by atoms with van der Waals surface area (Å²) in [4.78, 5) is 6.49. The van der Waals surface area contributed by atoms with Gasteiger partial charge in [0, 0.05) is 35.9 Å². The average Bonchev–Trinajstić information content (AvgIpc) is 2.35. The number of rotatable bonds is 3. The lowest BCUT2D eigenvalue weighted by atomic mass is 9.90. The third-order valence-corrected chi connectivity index (χ3v) is 4.25. The topological polar surface area (TPSA) is 42.2 Å². The van der Waals surface area contributed by atoms with E-state index in [9.17, 15) is 0 Å². The Balaban J connectivity index is 2.01. The van der Waals surface area contributed by atoms with E-state index in [2.05, 4.69) is 16.8 Å². The van der Waals surface area contributed by atoms with Gasteiger partial charge in [0.1, 0.15) is 5.15 Å². The minimum Gasteiger partial charge on any atom is -0.327 e. The molecule has 1 saturated heterocycles. The second-order valence-electron chi connectivity index (χ2n) is 4.95. The van der Waals surface area contributed by atoms with Crippen molar-refractivity contribution < 1.29 is 0 Å². The van der Waals surface area contributed by atoms with Crippen molar-refractivity contribution in [2.24, 2.45) is 11.7 Å². The Morgan fingerprint density at radius 1 is 1.50 bits per heavy atom. The van der Waals surface area contributed by atoms with Gasteiger partial charge in [-0.2, -0.15) is 0 Å². The lowest BCUT2D eigenvalue weighted by molar-refractivity contribution is 0.145. The van der Waals surface area contributed by atoms with Gasteiger partial charge in [0.05, 0.1) is 0 Å². The van der Waals surface area contributed by atoms with Crippen LogP contribution in [0, 0.1) is 5.92 Å². The fourth-order valence-electron chi connectivity index (χ4n) is 2.49. The number of pyridine rings is 1. The smallest absolute Gasteiger partial charge is 0.130 e. The SMILES string of the molecule is CCC1CN(Cc2cnc(Cl)cc2Cl)CCC1N. The zero-order chi connectivity index (χ0) is 13.1. The summed E-state index contributed by atoms with van der Waals surface area (Å²) in [6.45, 7) is 5.09. The molecule has 2 unspecified atom stereocenters. The van der Waals surface area contributed by atoms with Crippen molar-refractivity contribution in [2.45, 2.75) is 32.4 Å². The van der Waals surface area contributed by atoms with Gasteiger partial charge < -0.3 is 5.73 Å². The summed E-state index contributed by atoms with van der Waals surface area (Å²) >= 11 is 12.0. The standard InChI is InChI=1S/C13H19Cl2N3/c1-2-9-7-18(4-3-12(9)16)8-10-6-17-13(15)5-11(10)14/h5-6,9,12H,2-4,7-8,16H2,1H3. The molecule has 100 valence electrons. The Kier molecular flexibility index (Phi) is 4.84. The van der Waals surface area contributed by atoms with Crippen molar-refractivity contribution in [2.75, 3.05) is 13.1 Å². The van der Waals surface area contributed by atoms with E-state index in [1.807, 2.05) is 0 Å². The molecular formula is C13H19Cl2N3. The van der Waals surface area contributed by atoms with E-state index in [0.717, 1.165) is 38.0 Å². The Bertz CT molecular complexity index is 411. The quantitative estimate of drug-likeness (QED) is 0.869. The average molecular weight is 288 g/mol. The molecule has 5 heteroatoms. The largest absolute Gasteiger partial charge is 0.327 e. The highest BCUT2D eigenvalue weighted by atomic mass is 35.5. The Labute approximate surface area is 118 Å². The van der Waals surface area contributed by atoms with Crippen LogP contribution in [-0.4, -0.2) is 29.0 Å². The van der Waals surface area contributed by atoms with Crippen LogP contribution in [0.4, 0.5) is 0 Å². The summed E-state index contributed by atoms with van der Waals surface area (Å²) in [5.41, 5.74) is 7.15. The van der Waals surface area contributed by atoms with Crippen LogP contribution in [0.15, 0.2) is 12.3 Å². The molecule has 1 aliphatic heterocycles. The van der Waals surface area contributed by atoms with Gasteiger partial charge in [-0.15, -0.1) is 0 Å². The molecule has 0 saturated carbocycles. The van der Waals surface area contributed by atoms with Gasteiger partial charge in [-0.25, -0.2) is 4.98 Å². The molecule has 0 radical (unpaired) electrons. The Morgan fingerprint density at radius 3 is 2.94 bits per heavy atom. The van der Waals surface area contributed by atoms with Crippen LogP contribution < -0.4 is 5.73 Å². The highest BCUT2D eigenvalue weighted by molar-refractivity contribution is 6.34. The molecule has 2 heterocycles. The number of piperidine rings is 1. The van der Waals surface area contributed by atoms with Gasteiger partial charge in [-0.3, -0.25) is 4.90 Å². The Morgan fingerprint density at radius 2 is 2.28 bits per heavy atom. The van der Waals surface area contributed by atoms with Crippen molar-refractivity contribution in [1.82, 2.24) is 9.88 Å². The third-order valence-electron chi connectivity index (χ3n) is 3.69. The van der Waals surface area contributed by atoms with Crippen LogP contribution >= 0.6 is 23.2 Å². The van der Waals surface area contributed by atoms with Crippen LogP contribution in [0.25, 0.3) is 0 Å². The van der Waals surface area contributed by atoms with E-state index >= 15 is 0 Å². The van der Waals surface area contributed by atoms with E-state index < -0.39 is 0 Å². The predicted molar refractivity (Wildman–Crippen MR) is 75.9 cm³/mol. The minimum atomic E-state index is 0.338. The molecule has 1 aliphatic rings. The number of likely N-dealkylation sites (tertiary alicyclic amines) is 1. The Hall–Kier alpha value is -0.350. The van der Waals surface area contributed by atoms with Crippen molar-refractivity contribution in [3.63, 3.8) is 0 Å². The zero-order valence-corrected chi connectivity index (χ0v) is 12.1. The number of halogens is 2. The summed E-state index contributed by atoms with van der Waals surface area (Å²) in [6.07, 6.45) is 3.95. The maximum Gasteiger partial charge on any atom is 0.130 e. The molecule has 0 aromatic carbocycles. The number of hydrogen-bond donors (Lipinski definition) is 1. The lowest BCUT2D eigenvalue weighted by Crippen LogP contribution is -2.46. The normalized spacial score (nSPS) is 25.3. The molecule has 0 amide bonds. The molecule has 0 aliphatic carbocycles. The van der Waals surface area contributed by atoms with Gasteiger partial charge in [-0.1, -0.05) is 36.5 Å². The summed E-state index contributed by atoms with van der Waals surface area (Å²) in [7, 11) is 0. The molecule has 18 heavy (non-hydrogen) atoms. The number of hydrogen-bond acceptors (Lipinski definition) is 3. The molecule has 1 aromatic rings. The van der Waals surface area contributed by atoms with Crippen molar-refractivity contribution in [3.8, 4) is 0 Å². The zero-order valence-electron chi connectivity index (χ0n) is 10.6. The van der Waals surface area contributed by atoms with Crippen molar-refractivity contribution in [3.05, 3.63) is 28.0 Å². The highest BCUT2D eigenvalue weighted by Gasteiger charge is 2.25. The highest BCUT2D eigenvalue weighted by Crippen LogP contribution is 2.24. The van der Waals surface area contributed by atoms with Gasteiger partial charge in [0.2, 0.25) is 0 Å². The van der Waals surface area contributed by atoms with Gasteiger partial charge in [0.15, 0.2) is 0 Å². The summed E-state index contributed by atoms with van der Waals surface area (Å²) in [6, 6.07) is 2.04. The number of nitrogens with two attached hydrogens (primary N) is 1. The van der Waals surface area contributed by atoms with E-state index in [1.165, 1.54) is 0 Å². The van der Waals surface area contributed by atoms with Crippen LogP contribution in [0.1, 0.15) is 25.3 Å². The van der Waals surface area contributed by atoms with Crippen molar-refractivity contribution in [1.29, 1.82) is 0 Å². The van der Waals surface area contributed by atoms with Crippen LogP contribution in [0.5, 0.6) is 0 Å². The predicted octanol–water partition coefficient (Wildman–Crippen LogP) is 2.95. The summed E-state index contributed by atoms with van der Waals surface area (Å²) in [5, 5.41) is 1.13. The molecule has 0 bridgehead atoms. The fraction of sp³-hybridized carbons (Fsp3) is 0.615. The molecular weight excluding hydrogens is 269 g/mol.